The number of aryl methyl sites for hydroxylation is 1. The third kappa shape index (κ3) is 4.43. The molecule has 2 aromatic rings. The first-order valence-electron chi connectivity index (χ1n) is 7.26. The van der Waals surface area contributed by atoms with Crippen molar-refractivity contribution in [2.45, 2.75) is 26.4 Å². The van der Waals surface area contributed by atoms with E-state index in [0.29, 0.717) is 17.3 Å². The van der Waals surface area contributed by atoms with Crippen molar-refractivity contribution in [3.05, 3.63) is 47.8 Å². The first-order valence-corrected chi connectivity index (χ1v) is 7.66. The molecule has 0 aliphatic rings. The van der Waals surface area contributed by atoms with Gasteiger partial charge in [-0.15, -0.1) is 0 Å². The minimum absolute atomic E-state index is 0.0115. The smallest absolute Gasteiger partial charge is 0.292 e. The van der Waals surface area contributed by atoms with E-state index in [1.54, 1.807) is 10.9 Å². The largest absolute Gasteiger partial charge is 0.396 e. The Morgan fingerprint density at radius 3 is 2.65 bits per heavy atom. The predicted octanol–water partition coefficient (Wildman–Crippen LogP) is 1.36. The molecule has 122 valence electrons. The quantitative estimate of drug-likeness (QED) is 0.499. The van der Waals surface area contributed by atoms with Gasteiger partial charge >= 0.3 is 0 Å². The summed E-state index contributed by atoms with van der Waals surface area (Å²) >= 11 is 5.17. The number of nitrogens with one attached hydrogen (secondary N) is 3. The SMILES string of the molecule is CCn1cc(N)c(C(=O)NNC(=S)N[C@H](C)c2ccccc2)n1. The second-order valence-corrected chi connectivity index (χ2v) is 5.38. The van der Waals surface area contributed by atoms with Crippen LogP contribution < -0.4 is 21.9 Å². The highest BCUT2D eigenvalue weighted by Crippen LogP contribution is 2.11. The van der Waals surface area contributed by atoms with Gasteiger partial charge in [-0.2, -0.15) is 5.10 Å². The molecular weight excluding hydrogens is 312 g/mol. The number of carbonyl (C=O) groups excluding carboxylic acids is 1. The van der Waals surface area contributed by atoms with Crippen molar-refractivity contribution in [3.8, 4) is 0 Å². The van der Waals surface area contributed by atoms with Crippen molar-refractivity contribution in [1.29, 1.82) is 0 Å². The van der Waals surface area contributed by atoms with Gasteiger partial charge in [0, 0.05) is 12.7 Å². The van der Waals surface area contributed by atoms with Gasteiger partial charge in [-0.25, -0.2) is 0 Å². The summed E-state index contributed by atoms with van der Waals surface area (Å²) in [6, 6.07) is 9.87. The van der Waals surface area contributed by atoms with E-state index < -0.39 is 5.91 Å². The van der Waals surface area contributed by atoms with Crippen LogP contribution in [-0.4, -0.2) is 20.8 Å². The maximum Gasteiger partial charge on any atom is 0.292 e. The van der Waals surface area contributed by atoms with Gasteiger partial charge in [0.05, 0.1) is 11.7 Å². The van der Waals surface area contributed by atoms with E-state index in [-0.39, 0.29) is 11.7 Å². The normalized spacial score (nSPS) is 11.6. The summed E-state index contributed by atoms with van der Waals surface area (Å²) in [6.07, 6.45) is 1.61. The Kier molecular flexibility index (Phi) is 5.53. The lowest BCUT2D eigenvalue weighted by Crippen LogP contribution is -2.47. The van der Waals surface area contributed by atoms with Crippen LogP contribution in [0.25, 0.3) is 0 Å². The van der Waals surface area contributed by atoms with Gasteiger partial charge in [0.25, 0.3) is 5.91 Å². The van der Waals surface area contributed by atoms with Crippen LogP contribution in [-0.2, 0) is 6.54 Å². The Bertz CT molecular complexity index is 685. The number of aromatic nitrogens is 2. The monoisotopic (exact) mass is 332 g/mol. The van der Waals surface area contributed by atoms with Crippen molar-refractivity contribution in [2.24, 2.45) is 0 Å². The van der Waals surface area contributed by atoms with Crippen LogP contribution in [0.1, 0.15) is 35.9 Å². The third-order valence-electron chi connectivity index (χ3n) is 3.27. The molecule has 0 aliphatic carbocycles. The number of amides is 1. The van der Waals surface area contributed by atoms with Crippen LogP contribution in [0.4, 0.5) is 5.69 Å². The minimum atomic E-state index is -0.439. The molecule has 0 aliphatic heterocycles. The Balaban J connectivity index is 1.86. The van der Waals surface area contributed by atoms with Crippen LogP contribution in [0.5, 0.6) is 0 Å². The van der Waals surface area contributed by atoms with Crippen molar-refractivity contribution in [2.75, 3.05) is 5.73 Å². The highest BCUT2D eigenvalue weighted by atomic mass is 32.1. The molecule has 5 N–H and O–H groups in total. The Labute approximate surface area is 140 Å². The molecule has 23 heavy (non-hydrogen) atoms. The second-order valence-electron chi connectivity index (χ2n) is 4.97. The first-order chi connectivity index (χ1) is 11.0. The number of nitrogens with zero attached hydrogens (tertiary/aromatic N) is 2. The van der Waals surface area contributed by atoms with Gasteiger partial charge in [-0.3, -0.25) is 20.3 Å². The zero-order chi connectivity index (χ0) is 16.8. The number of rotatable bonds is 4. The van der Waals surface area contributed by atoms with Crippen molar-refractivity contribution >= 4 is 28.9 Å². The van der Waals surface area contributed by atoms with E-state index in [2.05, 4.69) is 21.3 Å². The Morgan fingerprint density at radius 1 is 1.35 bits per heavy atom. The Morgan fingerprint density at radius 2 is 2.04 bits per heavy atom. The molecule has 0 saturated carbocycles. The number of carbonyl (C=O) groups is 1. The molecule has 8 heteroatoms. The molecule has 0 bridgehead atoms. The zero-order valence-electron chi connectivity index (χ0n) is 13.0. The van der Waals surface area contributed by atoms with E-state index in [9.17, 15) is 4.79 Å². The van der Waals surface area contributed by atoms with Gasteiger partial charge in [0.2, 0.25) is 0 Å². The number of hydrogen-bond acceptors (Lipinski definition) is 4. The average molecular weight is 332 g/mol. The van der Waals surface area contributed by atoms with Crippen LogP contribution in [0.3, 0.4) is 0 Å². The molecule has 1 amide bonds. The summed E-state index contributed by atoms with van der Waals surface area (Å²) in [6.45, 7) is 4.53. The molecule has 7 nitrogen and oxygen atoms in total. The van der Waals surface area contributed by atoms with E-state index in [4.69, 9.17) is 18.0 Å². The molecular formula is C15H20N6OS. The lowest BCUT2D eigenvalue weighted by atomic mass is 10.1. The summed E-state index contributed by atoms with van der Waals surface area (Å²) in [5.41, 5.74) is 12.5. The molecule has 0 radical (unpaired) electrons. The highest BCUT2D eigenvalue weighted by molar-refractivity contribution is 7.80. The minimum Gasteiger partial charge on any atom is -0.396 e. The number of hydrazine groups is 1. The van der Waals surface area contributed by atoms with Gasteiger partial charge in [-0.05, 0) is 31.6 Å². The van der Waals surface area contributed by atoms with Crippen molar-refractivity contribution < 1.29 is 4.79 Å². The van der Waals surface area contributed by atoms with Gasteiger partial charge in [0.15, 0.2) is 10.8 Å². The fourth-order valence-corrected chi connectivity index (χ4v) is 2.23. The Hall–Kier alpha value is -2.61. The van der Waals surface area contributed by atoms with E-state index in [1.807, 2.05) is 44.2 Å². The number of nitrogen functional groups attached to an aromatic ring is 1. The first kappa shape index (κ1) is 16.8. The van der Waals surface area contributed by atoms with Gasteiger partial charge in [0.1, 0.15) is 0 Å². The molecule has 1 atom stereocenters. The average Bonchev–Trinajstić information content (AvgIpc) is 2.94. The summed E-state index contributed by atoms with van der Waals surface area (Å²) < 4.78 is 1.60. The lowest BCUT2D eigenvalue weighted by molar-refractivity contribution is 0.0938. The summed E-state index contributed by atoms with van der Waals surface area (Å²) in [7, 11) is 0. The number of thiocarbonyl (C=S) groups is 1. The fraction of sp³-hybridized carbons (Fsp3) is 0.267. The number of hydrogen-bond donors (Lipinski definition) is 4. The second kappa shape index (κ2) is 7.59. The third-order valence-corrected chi connectivity index (χ3v) is 3.49. The number of anilines is 1. The lowest BCUT2D eigenvalue weighted by Gasteiger charge is -2.17. The molecule has 1 aromatic carbocycles. The molecule has 2 rings (SSSR count). The van der Waals surface area contributed by atoms with Crippen LogP contribution in [0.2, 0.25) is 0 Å². The molecule has 0 unspecified atom stereocenters. The summed E-state index contributed by atoms with van der Waals surface area (Å²) in [5, 5.41) is 7.48. The maximum atomic E-state index is 12.0. The van der Waals surface area contributed by atoms with Crippen molar-refractivity contribution in [3.63, 3.8) is 0 Å². The zero-order valence-corrected chi connectivity index (χ0v) is 13.9. The van der Waals surface area contributed by atoms with E-state index >= 15 is 0 Å². The summed E-state index contributed by atoms with van der Waals surface area (Å²) in [5.74, 6) is -0.439. The van der Waals surface area contributed by atoms with Gasteiger partial charge in [-0.1, -0.05) is 30.3 Å². The molecule has 0 fully saturated rings. The van der Waals surface area contributed by atoms with Crippen LogP contribution >= 0.6 is 12.2 Å². The number of nitrogens with two attached hydrogens (primary N) is 1. The topological polar surface area (TPSA) is 97.0 Å². The van der Waals surface area contributed by atoms with E-state index in [0.717, 1.165) is 5.56 Å². The number of benzene rings is 1. The van der Waals surface area contributed by atoms with Crippen LogP contribution in [0, 0.1) is 0 Å². The predicted molar refractivity (Wildman–Crippen MR) is 93.5 cm³/mol. The molecule has 0 saturated heterocycles. The van der Waals surface area contributed by atoms with Gasteiger partial charge < -0.3 is 11.1 Å². The molecule has 1 aromatic heterocycles. The van der Waals surface area contributed by atoms with Crippen molar-refractivity contribution in [1.82, 2.24) is 25.9 Å². The fourth-order valence-electron chi connectivity index (χ4n) is 2.01. The van der Waals surface area contributed by atoms with Crippen LogP contribution in [0.15, 0.2) is 36.5 Å². The standard InChI is InChI=1S/C15H20N6OS/c1-3-21-9-12(16)13(20-21)14(22)18-19-15(23)17-10(2)11-7-5-4-6-8-11/h4-10H,3,16H2,1-2H3,(H,18,22)(H2,17,19,23)/t10-/m1/s1. The maximum absolute atomic E-state index is 12.0. The van der Waals surface area contributed by atoms with E-state index in [1.165, 1.54) is 0 Å². The molecule has 0 spiro atoms. The molecule has 1 heterocycles. The summed E-state index contributed by atoms with van der Waals surface area (Å²) in [4.78, 5) is 12.0. The highest BCUT2D eigenvalue weighted by Gasteiger charge is 2.15.